The predicted octanol–water partition coefficient (Wildman–Crippen LogP) is 0.883. The van der Waals surface area contributed by atoms with Gasteiger partial charge in [0.2, 0.25) is 11.8 Å². The molecule has 1 rings (SSSR count). The van der Waals surface area contributed by atoms with Crippen LogP contribution in [0.4, 0.5) is 5.69 Å². The average Bonchev–Trinajstić information content (AvgIpc) is 2.16. The largest absolute Gasteiger partial charge is 0.366 e. The Hall–Kier alpha value is -1.59. The third-order valence-electron chi connectivity index (χ3n) is 1.96. The van der Waals surface area contributed by atoms with E-state index >= 15 is 0 Å². The summed E-state index contributed by atoms with van der Waals surface area (Å²) in [6, 6.07) is 6.19. The average molecular weight is 258 g/mol. The molecule has 1 unspecified atom stereocenters. The first-order valence-corrected chi connectivity index (χ1v) is 4.94. The topological polar surface area (TPSA) is 98.2 Å². The van der Waals surface area contributed by atoms with Crippen LogP contribution in [0.1, 0.15) is 23.7 Å². The van der Waals surface area contributed by atoms with Gasteiger partial charge in [-0.05, 0) is 31.2 Å². The second-order valence-corrected chi connectivity index (χ2v) is 3.67. The Morgan fingerprint density at radius 1 is 1.29 bits per heavy atom. The molecule has 0 fully saturated rings. The van der Waals surface area contributed by atoms with Crippen LogP contribution in [0.2, 0.25) is 0 Å². The van der Waals surface area contributed by atoms with Crippen LogP contribution < -0.4 is 16.8 Å². The maximum absolute atomic E-state index is 11.4. The van der Waals surface area contributed by atoms with E-state index in [1.165, 1.54) is 0 Å². The molecule has 1 atom stereocenters. The van der Waals surface area contributed by atoms with Crippen molar-refractivity contribution in [2.45, 2.75) is 19.4 Å². The van der Waals surface area contributed by atoms with Crippen LogP contribution >= 0.6 is 12.4 Å². The van der Waals surface area contributed by atoms with Crippen LogP contribution in [0.3, 0.4) is 0 Å². The minimum Gasteiger partial charge on any atom is -0.366 e. The number of primary amides is 1. The van der Waals surface area contributed by atoms with Gasteiger partial charge in [0.25, 0.3) is 0 Å². The molecular weight excluding hydrogens is 242 g/mol. The summed E-state index contributed by atoms with van der Waals surface area (Å²) < 4.78 is 0. The van der Waals surface area contributed by atoms with Crippen LogP contribution in [-0.4, -0.2) is 17.9 Å². The molecule has 0 saturated carbocycles. The van der Waals surface area contributed by atoms with Gasteiger partial charge < -0.3 is 16.8 Å². The Morgan fingerprint density at radius 2 is 1.82 bits per heavy atom. The van der Waals surface area contributed by atoms with Crippen LogP contribution in [-0.2, 0) is 4.79 Å². The van der Waals surface area contributed by atoms with Gasteiger partial charge in [0.05, 0.1) is 0 Å². The number of anilines is 1. The van der Waals surface area contributed by atoms with Crippen molar-refractivity contribution in [2.24, 2.45) is 11.5 Å². The Labute approximate surface area is 106 Å². The number of benzene rings is 1. The van der Waals surface area contributed by atoms with Gasteiger partial charge >= 0.3 is 0 Å². The molecule has 17 heavy (non-hydrogen) atoms. The molecule has 5 N–H and O–H groups in total. The lowest BCUT2D eigenvalue weighted by molar-refractivity contribution is -0.116. The predicted molar refractivity (Wildman–Crippen MR) is 69.1 cm³/mol. The molecule has 0 aromatic heterocycles. The first-order chi connectivity index (χ1) is 7.49. The van der Waals surface area contributed by atoms with E-state index < -0.39 is 5.91 Å². The zero-order valence-electron chi connectivity index (χ0n) is 9.47. The Kier molecular flexibility index (Phi) is 6.23. The van der Waals surface area contributed by atoms with Gasteiger partial charge in [0.1, 0.15) is 0 Å². The van der Waals surface area contributed by atoms with E-state index in [9.17, 15) is 9.59 Å². The summed E-state index contributed by atoms with van der Waals surface area (Å²) in [5.74, 6) is -0.643. The number of halogens is 1. The SMILES string of the molecule is CC(N)CC(=O)Nc1ccc(C(N)=O)cc1.Cl. The van der Waals surface area contributed by atoms with Crippen LogP contribution in [0.25, 0.3) is 0 Å². The molecule has 1 aromatic rings. The number of nitrogens with one attached hydrogen (secondary N) is 1. The van der Waals surface area contributed by atoms with Crippen LogP contribution in [0.5, 0.6) is 0 Å². The maximum atomic E-state index is 11.4. The summed E-state index contributed by atoms with van der Waals surface area (Å²) in [6.07, 6.45) is 0.261. The lowest BCUT2D eigenvalue weighted by Crippen LogP contribution is -2.24. The number of amides is 2. The number of hydrogen-bond donors (Lipinski definition) is 3. The van der Waals surface area contributed by atoms with Crippen LogP contribution in [0.15, 0.2) is 24.3 Å². The number of nitrogens with two attached hydrogens (primary N) is 2. The maximum Gasteiger partial charge on any atom is 0.248 e. The van der Waals surface area contributed by atoms with Gasteiger partial charge in [-0.2, -0.15) is 0 Å². The summed E-state index contributed by atoms with van der Waals surface area (Å²) in [4.78, 5) is 22.2. The minimum absolute atomic E-state index is 0. The van der Waals surface area contributed by atoms with Gasteiger partial charge in [-0.25, -0.2) is 0 Å². The molecule has 2 amide bonds. The fourth-order valence-electron chi connectivity index (χ4n) is 1.22. The molecule has 0 aliphatic carbocycles. The van der Waals surface area contributed by atoms with Crippen molar-refractivity contribution < 1.29 is 9.59 Å². The second-order valence-electron chi connectivity index (χ2n) is 3.67. The Balaban J connectivity index is 0.00000256. The summed E-state index contributed by atoms with van der Waals surface area (Å²) in [5, 5.41) is 2.67. The molecule has 0 aliphatic heterocycles. The molecule has 0 spiro atoms. The molecule has 5 nitrogen and oxygen atoms in total. The summed E-state index contributed by atoms with van der Waals surface area (Å²) in [5.41, 5.74) is 11.6. The molecule has 6 heteroatoms. The second kappa shape index (κ2) is 6.88. The van der Waals surface area contributed by atoms with Gasteiger partial charge in [0.15, 0.2) is 0 Å². The number of hydrogen-bond acceptors (Lipinski definition) is 3. The summed E-state index contributed by atoms with van der Waals surface area (Å²) in [7, 11) is 0. The van der Waals surface area contributed by atoms with Crippen molar-refractivity contribution in [1.29, 1.82) is 0 Å². The lowest BCUT2D eigenvalue weighted by Gasteiger charge is -2.07. The van der Waals surface area contributed by atoms with E-state index in [-0.39, 0.29) is 30.8 Å². The van der Waals surface area contributed by atoms with E-state index in [4.69, 9.17) is 11.5 Å². The van der Waals surface area contributed by atoms with Gasteiger partial charge in [0, 0.05) is 23.7 Å². The van der Waals surface area contributed by atoms with Gasteiger partial charge in [-0.15, -0.1) is 12.4 Å². The highest BCUT2D eigenvalue weighted by atomic mass is 35.5. The number of carbonyl (C=O) groups excluding carboxylic acids is 2. The Morgan fingerprint density at radius 3 is 2.24 bits per heavy atom. The van der Waals surface area contributed by atoms with E-state index in [1.807, 2.05) is 0 Å². The quantitative estimate of drug-likeness (QED) is 0.747. The molecule has 94 valence electrons. The third kappa shape index (κ3) is 5.33. The summed E-state index contributed by atoms with van der Waals surface area (Å²) >= 11 is 0. The van der Waals surface area contributed by atoms with Crippen molar-refractivity contribution in [1.82, 2.24) is 0 Å². The zero-order valence-corrected chi connectivity index (χ0v) is 10.3. The Bertz CT molecular complexity index is 390. The number of rotatable bonds is 4. The smallest absolute Gasteiger partial charge is 0.248 e. The molecular formula is C11H16ClN3O2. The van der Waals surface area contributed by atoms with Gasteiger partial charge in [-0.3, -0.25) is 9.59 Å². The molecule has 0 saturated heterocycles. The van der Waals surface area contributed by atoms with Crippen molar-refractivity contribution >= 4 is 29.9 Å². The van der Waals surface area contributed by atoms with Crippen molar-refractivity contribution in [3.05, 3.63) is 29.8 Å². The lowest BCUT2D eigenvalue weighted by atomic mass is 10.2. The molecule has 0 heterocycles. The van der Waals surface area contributed by atoms with E-state index in [1.54, 1.807) is 31.2 Å². The van der Waals surface area contributed by atoms with Crippen molar-refractivity contribution in [3.63, 3.8) is 0 Å². The van der Waals surface area contributed by atoms with Crippen molar-refractivity contribution in [2.75, 3.05) is 5.32 Å². The fraction of sp³-hybridized carbons (Fsp3) is 0.273. The minimum atomic E-state index is -0.492. The fourth-order valence-corrected chi connectivity index (χ4v) is 1.22. The molecule has 0 aliphatic rings. The first-order valence-electron chi connectivity index (χ1n) is 4.94. The highest BCUT2D eigenvalue weighted by Gasteiger charge is 2.06. The monoisotopic (exact) mass is 257 g/mol. The zero-order chi connectivity index (χ0) is 12.1. The van der Waals surface area contributed by atoms with Crippen molar-refractivity contribution in [3.8, 4) is 0 Å². The summed E-state index contributed by atoms with van der Waals surface area (Å²) in [6.45, 7) is 1.76. The highest BCUT2D eigenvalue weighted by molar-refractivity contribution is 5.94. The highest BCUT2D eigenvalue weighted by Crippen LogP contribution is 2.09. The first kappa shape index (κ1) is 15.4. The number of carbonyl (C=O) groups is 2. The molecule has 0 bridgehead atoms. The molecule has 0 radical (unpaired) electrons. The van der Waals surface area contributed by atoms with Gasteiger partial charge in [-0.1, -0.05) is 0 Å². The standard InChI is InChI=1S/C11H15N3O2.ClH/c1-7(12)6-10(15)14-9-4-2-8(3-5-9)11(13)16;/h2-5,7H,6,12H2,1H3,(H2,13,16)(H,14,15);1H. The van der Waals surface area contributed by atoms with E-state index in [0.717, 1.165) is 0 Å². The van der Waals surface area contributed by atoms with E-state index in [2.05, 4.69) is 5.32 Å². The normalized spacial score (nSPS) is 11.2. The van der Waals surface area contributed by atoms with Crippen LogP contribution in [0, 0.1) is 0 Å². The van der Waals surface area contributed by atoms with E-state index in [0.29, 0.717) is 11.3 Å². The third-order valence-corrected chi connectivity index (χ3v) is 1.96. The molecule has 1 aromatic carbocycles.